The largest absolute Gasteiger partial charge is 0.380 e. The lowest BCUT2D eigenvalue weighted by Crippen LogP contribution is -2.22. The van der Waals surface area contributed by atoms with Gasteiger partial charge in [-0.1, -0.05) is 12.1 Å². The Labute approximate surface area is 112 Å². The maximum Gasteiger partial charge on any atom is 0.227 e. The third-order valence-corrected chi connectivity index (χ3v) is 3.33. The van der Waals surface area contributed by atoms with Crippen molar-refractivity contribution in [1.82, 2.24) is 0 Å². The molecule has 0 bridgehead atoms. The molecule has 1 aromatic carbocycles. The molecule has 0 fully saturated rings. The normalized spacial score (nSPS) is 12.1. The van der Waals surface area contributed by atoms with Gasteiger partial charge in [-0.2, -0.15) is 0 Å². The Morgan fingerprint density at radius 3 is 2.89 bits per heavy atom. The Kier molecular flexibility index (Phi) is 6.60. The molecule has 1 amide bonds. The summed E-state index contributed by atoms with van der Waals surface area (Å²) in [6.07, 6.45) is 0. The van der Waals surface area contributed by atoms with Gasteiger partial charge < -0.3 is 15.8 Å². The minimum absolute atomic E-state index is 0.222. The summed E-state index contributed by atoms with van der Waals surface area (Å²) in [6, 6.07) is 8.10. The van der Waals surface area contributed by atoms with E-state index in [1.54, 1.807) is 0 Å². The van der Waals surface area contributed by atoms with E-state index in [1.165, 1.54) is 11.8 Å². The van der Waals surface area contributed by atoms with Crippen molar-refractivity contribution in [2.45, 2.75) is 24.8 Å². The number of amides is 1. The lowest BCUT2D eigenvalue weighted by atomic mass is 10.3. The van der Waals surface area contributed by atoms with Gasteiger partial charge in [-0.3, -0.25) is 4.79 Å². The van der Waals surface area contributed by atoms with Crippen molar-refractivity contribution in [3.8, 4) is 0 Å². The molecule has 5 heteroatoms. The number of anilines is 1. The highest BCUT2D eigenvalue weighted by Gasteiger charge is 2.07. The molecule has 0 heterocycles. The summed E-state index contributed by atoms with van der Waals surface area (Å²) in [5.41, 5.74) is 6.17. The molecule has 0 saturated carbocycles. The molecule has 1 unspecified atom stereocenters. The van der Waals surface area contributed by atoms with Gasteiger partial charge in [0.1, 0.15) is 0 Å². The first-order valence-electron chi connectivity index (χ1n) is 5.98. The lowest BCUT2D eigenvalue weighted by Gasteiger charge is -2.17. The predicted octanol–water partition coefficient (Wildman–Crippen LogP) is 2.10. The van der Waals surface area contributed by atoms with Gasteiger partial charge in [-0.25, -0.2) is 0 Å². The van der Waals surface area contributed by atoms with Gasteiger partial charge in [0.25, 0.3) is 0 Å². The van der Waals surface area contributed by atoms with E-state index in [9.17, 15) is 4.79 Å². The molecular weight excluding hydrogens is 248 g/mol. The number of ether oxygens (including phenoxy) is 1. The van der Waals surface area contributed by atoms with Crippen LogP contribution in [0, 0.1) is 0 Å². The lowest BCUT2D eigenvalue weighted by molar-refractivity contribution is -0.115. The van der Waals surface area contributed by atoms with Gasteiger partial charge in [0.15, 0.2) is 0 Å². The van der Waals surface area contributed by atoms with Crippen LogP contribution in [-0.2, 0) is 9.53 Å². The molecule has 0 aromatic heterocycles. The molecule has 4 nitrogen and oxygen atoms in total. The Hall–Kier alpha value is -1.20. The molecule has 1 atom stereocenters. The molecule has 0 spiro atoms. The van der Waals surface area contributed by atoms with Gasteiger partial charge in [-0.15, -0.1) is 11.8 Å². The molecule has 100 valence electrons. The maximum absolute atomic E-state index is 10.8. The third kappa shape index (κ3) is 5.42. The van der Waals surface area contributed by atoms with Crippen molar-refractivity contribution < 1.29 is 9.53 Å². The summed E-state index contributed by atoms with van der Waals surface area (Å²) in [4.78, 5) is 11.8. The van der Waals surface area contributed by atoms with E-state index >= 15 is 0 Å². The second-order valence-electron chi connectivity index (χ2n) is 3.96. The number of rotatable bonds is 8. The van der Waals surface area contributed by atoms with E-state index in [0.717, 1.165) is 10.6 Å². The zero-order valence-electron chi connectivity index (χ0n) is 10.8. The van der Waals surface area contributed by atoms with Crippen molar-refractivity contribution in [1.29, 1.82) is 0 Å². The number of carbonyl (C=O) groups excluding carboxylic acids is 1. The minimum atomic E-state index is -0.308. The van der Waals surface area contributed by atoms with Crippen molar-refractivity contribution in [3.05, 3.63) is 24.3 Å². The summed E-state index contributed by atoms with van der Waals surface area (Å²) in [5, 5.41) is 3.37. The van der Waals surface area contributed by atoms with E-state index in [0.29, 0.717) is 19.0 Å². The maximum atomic E-state index is 10.8. The van der Waals surface area contributed by atoms with Gasteiger partial charge >= 0.3 is 0 Å². The highest BCUT2D eigenvalue weighted by Crippen LogP contribution is 2.27. The molecule has 1 rings (SSSR count). The number of nitrogens with one attached hydrogen (secondary N) is 1. The number of carbonyl (C=O) groups is 1. The van der Waals surface area contributed by atoms with E-state index in [2.05, 4.69) is 12.2 Å². The summed E-state index contributed by atoms with van der Waals surface area (Å²) in [7, 11) is 0. The number of thioether (sulfide) groups is 1. The third-order valence-electron chi connectivity index (χ3n) is 2.23. The number of para-hydroxylation sites is 1. The molecule has 0 saturated heterocycles. The van der Waals surface area contributed by atoms with Crippen molar-refractivity contribution in [2.75, 3.05) is 24.3 Å². The average Bonchev–Trinajstić information content (AvgIpc) is 2.35. The predicted molar refractivity (Wildman–Crippen MR) is 75.9 cm³/mol. The Morgan fingerprint density at radius 2 is 2.22 bits per heavy atom. The summed E-state index contributed by atoms with van der Waals surface area (Å²) < 4.78 is 5.36. The monoisotopic (exact) mass is 268 g/mol. The van der Waals surface area contributed by atoms with E-state index in [-0.39, 0.29) is 11.9 Å². The van der Waals surface area contributed by atoms with Crippen LogP contribution < -0.4 is 11.1 Å². The SMILES string of the molecule is CCOCC(C)Nc1ccccc1SCC(N)=O. The van der Waals surface area contributed by atoms with Crippen LogP contribution in [0.3, 0.4) is 0 Å². The van der Waals surface area contributed by atoms with E-state index in [4.69, 9.17) is 10.5 Å². The van der Waals surface area contributed by atoms with Crippen LogP contribution in [0.2, 0.25) is 0 Å². The summed E-state index contributed by atoms with van der Waals surface area (Å²) in [6.45, 7) is 5.41. The van der Waals surface area contributed by atoms with Crippen LogP contribution in [0.25, 0.3) is 0 Å². The fraction of sp³-hybridized carbons (Fsp3) is 0.462. The van der Waals surface area contributed by atoms with Crippen molar-refractivity contribution in [2.24, 2.45) is 5.73 Å². The van der Waals surface area contributed by atoms with Crippen LogP contribution in [0.15, 0.2) is 29.2 Å². The fourth-order valence-electron chi connectivity index (χ4n) is 1.46. The van der Waals surface area contributed by atoms with Crippen LogP contribution >= 0.6 is 11.8 Å². The second-order valence-corrected chi connectivity index (χ2v) is 4.97. The first kappa shape index (κ1) is 14.9. The Morgan fingerprint density at radius 1 is 1.50 bits per heavy atom. The number of hydrogen-bond acceptors (Lipinski definition) is 4. The Balaban J connectivity index is 2.60. The average molecular weight is 268 g/mol. The van der Waals surface area contributed by atoms with Crippen molar-refractivity contribution >= 4 is 23.4 Å². The number of nitrogens with two attached hydrogens (primary N) is 1. The molecule has 1 aromatic rings. The van der Waals surface area contributed by atoms with Gasteiger partial charge in [0, 0.05) is 23.2 Å². The smallest absolute Gasteiger partial charge is 0.227 e. The molecule has 0 aliphatic carbocycles. The van der Waals surface area contributed by atoms with Crippen LogP contribution in [0.1, 0.15) is 13.8 Å². The Bertz CT molecular complexity index is 385. The molecule has 18 heavy (non-hydrogen) atoms. The molecular formula is C13H20N2O2S. The standard InChI is InChI=1S/C13H20N2O2S/c1-3-17-8-10(2)15-11-6-4-5-7-12(11)18-9-13(14)16/h4-7,10,15H,3,8-9H2,1-2H3,(H2,14,16). The van der Waals surface area contributed by atoms with Gasteiger partial charge in [0.2, 0.25) is 5.91 Å². The first-order chi connectivity index (χ1) is 8.63. The quantitative estimate of drug-likeness (QED) is 0.709. The highest BCUT2D eigenvalue weighted by atomic mass is 32.2. The van der Waals surface area contributed by atoms with Crippen LogP contribution in [0.4, 0.5) is 5.69 Å². The van der Waals surface area contributed by atoms with Crippen molar-refractivity contribution in [3.63, 3.8) is 0 Å². The number of primary amides is 1. The number of hydrogen-bond donors (Lipinski definition) is 2. The molecule has 0 aliphatic rings. The summed E-state index contributed by atoms with van der Waals surface area (Å²) in [5.74, 6) is -0.0180. The zero-order chi connectivity index (χ0) is 13.4. The summed E-state index contributed by atoms with van der Waals surface area (Å²) >= 11 is 1.44. The number of benzene rings is 1. The van der Waals surface area contributed by atoms with Crippen LogP contribution in [-0.4, -0.2) is 30.9 Å². The molecule has 3 N–H and O–H groups in total. The van der Waals surface area contributed by atoms with Gasteiger partial charge in [0.05, 0.1) is 12.4 Å². The second kappa shape index (κ2) is 8.00. The highest BCUT2D eigenvalue weighted by molar-refractivity contribution is 8.00. The molecule has 0 aliphatic heterocycles. The fourth-order valence-corrected chi connectivity index (χ4v) is 2.22. The van der Waals surface area contributed by atoms with E-state index < -0.39 is 0 Å². The minimum Gasteiger partial charge on any atom is -0.380 e. The van der Waals surface area contributed by atoms with E-state index in [1.807, 2.05) is 31.2 Å². The first-order valence-corrected chi connectivity index (χ1v) is 6.96. The van der Waals surface area contributed by atoms with Crippen LogP contribution in [0.5, 0.6) is 0 Å². The topological polar surface area (TPSA) is 64.3 Å². The zero-order valence-corrected chi connectivity index (χ0v) is 11.6. The van der Waals surface area contributed by atoms with Gasteiger partial charge in [-0.05, 0) is 26.0 Å². The molecule has 0 radical (unpaired) electrons.